The largest absolute Gasteiger partial charge is 0.497 e. The molecule has 4 rings (SSSR count). The van der Waals surface area contributed by atoms with Crippen molar-refractivity contribution in [1.29, 1.82) is 0 Å². The molecule has 0 bridgehead atoms. The Morgan fingerprint density at radius 2 is 1.47 bits per heavy atom. The first kappa shape index (κ1) is 21.1. The third kappa shape index (κ3) is 4.18. The van der Waals surface area contributed by atoms with Gasteiger partial charge in [0.1, 0.15) is 23.0 Å². The summed E-state index contributed by atoms with van der Waals surface area (Å²) in [4.78, 5) is 27.8. The molecule has 1 N–H and O–H groups in total. The van der Waals surface area contributed by atoms with Gasteiger partial charge in [-0.3, -0.25) is 14.5 Å². The summed E-state index contributed by atoms with van der Waals surface area (Å²) in [6, 6.07) is 19.8. The van der Waals surface area contributed by atoms with E-state index < -0.39 is 11.8 Å². The van der Waals surface area contributed by atoms with Gasteiger partial charge in [-0.25, -0.2) is 4.39 Å². The number of hydrogen-bond acceptors (Lipinski definition) is 5. The summed E-state index contributed by atoms with van der Waals surface area (Å²) in [5.74, 6) is -0.213. The van der Waals surface area contributed by atoms with Gasteiger partial charge in [0, 0.05) is 23.9 Å². The van der Waals surface area contributed by atoms with E-state index in [1.807, 2.05) is 6.07 Å². The Balaban J connectivity index is 1.74. The third-order valence-electron chi connectivity index (χ3n) is 5.11. The SMILES string of the molecule is COc1cc(NC2=C(c3ccccc3)C(=O)N(Cc3ccc(F)cc3)C2=O)cc(OC)c1. The van der Waals surface area contributed by atoms with Gasteiger partial charge in [-0.2, -0.15) is 0 Å². The Labute approximate surface area is 184 Å². The van der Waals surface area contributed by atoms with Gasteiger partial charge >= 0.3 is 0 Å². The van der Waals surface area contributed by atoms with Crippen LogP contribution in [0.4, 0.5) is 10.1 Å². The Hall–Kier alpha value is -4.13. The summed E-state index contributed by atoms with van der Waals surface area (Å²) >= 11 is 0. The van der Waals surface area contributed by atoms with Gasteiger partial charge in [-0.05, 0) is 23.3 Å². The molecule has 0 spiro atoms. The number of nitrogens with one attached hydrogen (secondary N) is 1. The van der Waals surface area contributed by atoms with Crippen LogP contribution in [0.1, 0.15) is 11.1 Å². The molecule has 0 unspecified atom stereocenters. The van der Waals surface area contributed by atoms with Crippen molar-refractivity contribution in [3.8, 4) is 11.5 Å². The highest BCUT2D eigenvalue weighted by molar-refractivity contribution is 6.36. The minimum absolute atomic E-state index is 0.0287. The number of halogens is 1. The molecule has 1 aliphatic heterocycles. The van der Waals surface area contributed by atoms with Crippen molar-refractivity contribution >= 4 is 23.1 Å². The van der Waals surface area contributed by atoms with Gasteiger partial charge in [0.05, 0.1) is 26.3 Å². The Morgan fingerprint density at radius 1 is 0.844 bits per heavy atom. The maximum absolute atomic E-state index is 13.3. The number of benzene rings is 3. The zero-order valence-corrected chi connectivity index (χ0v) is 17.6. The van der Waals surface area contributed by atoms with Crippen LogP contribution in [0.25, 0.3) is 5.57 Å². The van der Waals surface area contributed by atoms with Crippen molar-refractivity contribution in [3.05, 3.63) is 95.4 Å². The predicted octanol–water partition coefficient (Wildman–Crippen LogP) is 4.24. The maximum Gasteiger partial charge on any atom is 0.278 e. The molecule has 0 radical (unpaired) electrons. The molecular weight excluding hydrogens is 411 g/mol. The molecule has 0 saturated carbocycles. The van der Waals surface area contributed by atoms with Crippen LogP contribution in [-0.2, 0) is 16.1 Å². The van der Waals surface area contributed by atoms with Crippen LogP contribution in [0.5, 0.6) is 11.5 Å². The van der Waals surface area contributed by atoms with Crippen LogP contribution in [0.3, 0.4) is 0 Å². The average Bonchev–Trinajstić information content (AvgIpc) is 3.04. The topological polar surface area (TPSA) is 67.9 Å². The number of methoxy groups -OCH3 is 2. The molecule has 1 aliphatic rings. The fourth-order valence-electron chi connectivity index (χ4n) is 3.50. The van der Waals surface area contributed by atoms with Gasteiger partial charge in [0.25, 0.3) is 11.8 Å². The lowest BCUT2D eigenvalue weighted by Gasteiger charge is -2.16. The van der Waals surface area contributed by atoms with E-state index in [1.54, 1.807) is 54.6 Å². The summed E-state index contributed by atoms with van der Waals surface area (Å²) in [6.07, 6.45) is 0. The second-order valence-electron chi connectivity index (χ2n) is 7.17. The second kappa shape index (κ2) is 8.93. The molecule has 3 aromatic rings. The van der Waals surface area contributed by atoms with Crippen molar-refractivity contribution in [1.82, 2.24) is 4.90 Å². The van der Waals surface area contributed by atoms with Gasteiger partial charge in [0.2, 0.25) is 0 Å². The zero-order chi connectivity index (χ0) is 22.7. The second-order valence-corrected chi connectivity index (χ2v) is 7.17. The van der Waals surface area contributed by atoms with E-state index in [-0.39, 0.29) is 23.6 Å². The summed E-state index contributed by atoms with van der Waals surface area (Å²) in [5, 5.41) is 3.09. The minimum Gasteiger partial charge on any atom is -0.497 e. The fraction of sp³-hybridized carbons (Fsp3) is 0.120. The van der Waals surface area contributed by atoms with E-state index in [4.69, 9.17) is 9.47 Å². The number of hydrogen-bond donors (Lipinski definition) is 1. The number of carbonyl (C=O) groups excluding carboxylic acids is 2. The summed E-state index contributed by atoms with van der Waals surface area (Å²) < 4.78 is 23.9. The van der Waals surface area contributed by atoms with Crippen molar-refractivity contribution < 1.29 is 23.5 Å². The van der Waals surface area contributed by atoms with Crippen LogP contribution >= 0.6 is 0 Å². The molecule has 0 saturated heterocycles. The maximum atomic E-state index is 13.3. The molecule has 32 heavy (non-hydrogen) atoms. The molecule has 7 heteroatoms. The Morgan fingerprint density at radius 3 is 2.06 bits per heavy atom. The lowest BCUT2D eigenvalue weighted by molar-refractivity contribution is -0.137. The molecule has 3 aromatic carbocycles. The van der Waals surface area contributed by atoms with E-state index in [2.05, 4.69) is 5.32 Å². The lowest BCUT2D eigenvalue weighted by Crippen LogP contribution is -2.32. The molecule has 0 aromatic heterocycles. The van der Waals surface area contributed by atoms with Crippen molar-refractivity contribution in [2.24, 2.45) is 0 Å². The molecular formula is C25H21FN2O4. The average molecular weight is 432 g/mol. The van der Waals surface area contributed by atoms with Crippen molar-refractivity contribution in [3.63, 3.8) is 0 Å². The minimum atomic E-state index is -0.472. The number of nitrogens with zero attached hydrogens (tertiary/aromatic N) is 1. The fourth-order valence-corrected chi connectivity index (χ4v) is 3.50. The van der Waals surface area contributed by atoms with Crippen LogP contribution in [0.15, 0.2) is 78.5 Å². The molecule has 0 fully saturated rings. The van der Waals surface area contributed by atoms with Gasteiger partial charge in [-0.15, -0.1) is 0 Å². The van der Waals surface area contributed by atoms with E-state index in [0.717, 1.165) is 4.90 Å². The third-order valence-corrected chi connectivity index (χ3v) is 5.11. The van der Waals surface area contributed by atoms with E-state index in [0.29, 0.717) is 28.3 Å². The van der Waals surface area contributed by atoms with E-state index >= 15 is 0 Å². The Kier molecular flexibility index (Phi) is 5.89. The van der Waals surface area contributed by atoms with Crippen LogP contribution in [0.2, 0.25) is 0 Å². The lowest BCUT2D eigenvalue weighted by atomic mass is 10.0. The van der Waals surface area contributed by atoms with Crippen molar-refractivity contribution in [2.75, 3.05) is 19.5 Å². The molecule has 0 aliphatic carbocycles. The highest BCUT2D eigenvalue weighted by Crippen LogP contribution is 2.33. The van der Waals surface area contributed by atoms with Gasteiger partial charge in [0.15, 0.2) is 0 Å². The number of ether oxygens (including phenoxy) is 2. The van der Waals surface area contributed by atoms with Gasteiger partial charge < -0.3 is 14.8 Å². The summed E-state index contributed by atoms with van der Waals surface area (Å²) in [7, 11) is 3.06. The molecule has 1 heterocycles. The zero-order valence-electron chi connectivity index (χ0n) is 17.6. The predicted molar refractivity (Wildman–Crippen MR) is 118 cm³/mol. The molecule has 0 atom stereocenters. The van der Waals surface area contributed by atoms with Crippen molar-refractivity contribution in [2.45, 2.75) is 6.54 Å². The smallest absolute Gasteiger partial charge is 0.278 e. The number of anilines is 1. The molecule has 2 amide bonds. The van der Waals surface area contributed by atoms with E-state index in [1.165, 1.54) is 26.4 Å². The Bertz CT molecular complexity index is 1170. The highest BCUT2D eigenvalue weighted by Gasteiger charge is 2.39. The highest BCUT2D eigenvalue weighted by atomic mass is 19.1. The summed E-state index contributed by atoms with van der Waals surface area (Å²) in [6.45, 7) is 0.0287. The number of rotatable bonds is 7. The quantitative estimate of drug-likeness (QED) is 0.566. The normalized spacial score (nSPS) is 13.5. The van der Waals surface area contributed by atoms with E-state index in [9.17, 15) is 14.0 Å². The van der Waals surface area contributed by atoms with Crippen LogP contribution in [-0.4, -0.2) is 30.9 Å². The molecule has 162 valence electrons. The van der Waals surface area contributed by atoms with Crippen LogP contribution < -0.4 is 14.8 Å². The number of imide groups is 1. The van der Waals surface area contributed by atoms with Crippen LogP contribution in [0, 0.1) is 5.82 Å². The summed E-state index contributed by atoms with van der Waals surface area (Å²) in [5.41, 5.74) is 2.21. The number of carbonyl (C=O) groups is 2. The first-order valence-electron chi connectivity index (χ1n) is 9.90. The molecule has 6 nitrogen and oxygen atoms in total. The number of amides is 2. The standard InChI is InChI=1S/C25H21FN2O4/c1-31-20-12-19(13-21(14-20)32-2)27-23-22(17-6-4-3-5-7-17)24(29)28(25(23)30)15-16-8-10-18(26)11-9-16/h3-14,27H,15H2,1-2H3. The monoisotopic (exact) mass is 432 g/mol. The first-order valence-corrected chi connectivity index (χ1v) is 9.90. The van der Waals surface area contributed by atoms with Gasteiger partial charge in [-0.1, -0.05) is 42.5 Å². The first-order chi connectivity index (χ1) is 15.5.